The molecule has 1 aromatic rings. The van der Waals surface area contributed by atoms with E-state index in [4.69, 9.17) is 9.84 Å². The monoisotopic (exact) mass is 221 g/mol. The maximum atomic E-state index is 10.5. The third-order valence-corrected chi connectivity index (χ3v) is 3.10. The van der Waals surface area contributed by atoms with Crippen molar-refractivity contribution in [2.45, 2.75) is 24.7 Å². The van der Waals surface area contributed by atoms with Gasteiger partial charge >= 0.3 is 5.97 Å². The largest absolute Gasteiger partial charge is 0.481 e. The van der Waals surface area contributed by atoms with Gasteiger partial charge in [-0.05, 0) is 30.5 Å². The third kappa shape index (κ3) is 2.22. The van der Waals surface area contributed by atoms with Gasteiger partial charge < -0.3 is 9.84 Å². The Morgan fingerprint density at radius 2 is 2.12 bits per heavy atom. The number of hydrogen-bond donors (Lipinski definition) is 1. The fourth-order valence-electron chi connectivity index (χ4n) is 2.09. The number of hydrogen-bond acceptors (Lipinski definition) is 3. The predicted octanol–water partition coefficient (Wildman–Crippen LogP) is 1.60. The van der Waals surface area contributed by atoms with Gasteiger partial charge in [-0.25, -0.2) is 0 Å². The van der Waals surface area contributed by atoms with Gasteiger partial charge in [-0.3, -0.25) is 9.78 Å². The standard InChI is InChI=1S/C12H15NO3/c14-11(15)2-1-5-12(8-16-9-12)10-3-6-13-7-4-10/h3-4,6-7H,1-2,5,8-9H2,(H,14,15). The summed E-state index contributed by atoms with van der Waals surface area (Å²) in [6.07, 6.45) is 5.33. The van der Waals surface area contributed by atoms with E-state index in [0.717, 1.165) is 6.42 Å². The van der Waals surface area contributed by atoms with Crippen LogP contribution in [0.15, 0.2) is 24.5 Å². The molecule has 2 heterocycles. The summed E-state index contributed by atoms with van der Waals surface area (Å²) in [5, 5.41) is 8.63. The number of aromatic nitrogens is 1. The zero-order chi connectivity index (χ0) is 11.4. The predicted molar refractivity (Wildman–Crippen MR) is 58.2 cm³/mol. The van der Waals surface area contributed by atoms with Gasteiger partial charge in [0.2, 0.25) is 0 Å². The van der Waals surface area contributed by atoms with Crippen molar-refractivity contribution < 1.29 is 14.6 Å². The number of carbonyl (C=O) groups is 1. The molecule has 4 nitrogen and oxygen atoms in total. The lowest BCUT2D eigenvalue weighted by molar-refractivity contribution is -0.137. The van der Waals surface area contributed by atoms with Crippen molar-refractivity contribution in [2.24, 2.45) is 0 Å². The summed E-state index contributed by atoms with van der Waals surface area (Å²) in [6.45, 7) is 1.38. The average molecular weight is 221 g/mol. The molecule has 1 aliphatic rings. The summed E-state index contributed by atoms with van der Waals surface area (Å²) in [5.41, 5.74) is 1.23. The van der Waals surface area contributed by atoms with Gasteiger partial charge in [-0.1, -0.05) is 0 Å². The van der Waals surface area contributed by atoms with E-state index in [1.807, 2.05) is 12.1 Å². The number of aliphatic carboxylic acids is 1. The second kappa shape index (κ2) is 4.61. The van der Waals surface area contributed by atoms with Crippen molar-refractivity contribution in [3.05, 3.63) is 30.1 Å². The molecule has 0 saturated carbocycles. The Morgan fingerprint density at radius 1 is 1.44 bits per heavy atom. The van der Waals surface area contributed by atoms with E-state index in [1.54, 1.807) is 12.4 Å². The Hall–Kier alpha value is -1.42. The van der Waals surface area contributed by atoms with Gasteiger partial charge in [-0.15, -0.1) is 0 Å². The maximum Gasteiger partial charge on any atom is 0.303 e. The lowest BCUT2D eigenvalue weighted by Crippen LogP contribution is -2.46. The van der Waals surface area contributed by atoms with Crippen LogP contribution >= 0.6 is 0 Å². The van der Waals surface area contributed by atoms with Crippen LogP contribution in [0.3, 0.4) is 0 Å². The molecule has 0 bridgehead atoms. The molecule has 1 fully saturated rings. The lowest BCUT2D eigenvalue weighted by Gasteiger charge is -2.42. The minimum Gasteiger partial charge on any atom is -0.481 e. The normalized spacial score (nSPS) is 17.8. The van der Waals surface area contributed by atoms with Gasteiger partial charge in [0.05, 0.1) is 13.2 Å². The molecule has 1 aromatic heterocycles. The number of carboxylic acids is 1. The highest BCUT2D eigenvalue weighted by Crippen LogP contribution is 2.36. The third-order valence-electron chi connectivity index (χ3n) is 3.10. The minimum absolute atomic E-state index is 0.0262. The fraction of sp³-hybridized carbons (Fsp3) is 0.500. The Bertz CT molecular complexity index is 360. The molecule has 86 valence electrons. The van der Waals surface area contributed by atoms with Crippen molar-refractivity contribution in [2.75, 3.05) is 13.2 Å². The molecule has 1 saturated heterocycles. The Morgan fingerprint density at radius 3 is 2.62 bits per heavy atom. The van der Waals surface area contributed by atoms with Crippen molar-refractivity contribution in [3.63, 3.8) is 0 Å². The Balaban J connectivity index is 2.00. The van der Waals surface area contributed by atoms with E-state index in [9.17, 15) is 4.79 Å². The molecule has 0 radical (unpaired) electrons. The van der Waals surface area contributed by atoms with Crippen molar-refractivity contribution in [3.8, 4) is 0 Å². The Labute approximate surface area is 94.3 Å². The highest BCUT2D eigenvalue weighted by atomic mass is 16.5. The van der Waals surface area contributed by atoms with Crippen LogP contribution in [0.2, 0.25) is 0 Å². The zero-order valence-electron chi connectivity index (χ0n) is 9.06. The van der Waals surface area contributed by atoms with E-state index in [-0.39, 0.29) is 11.8 Å². The zero-order valence-corrected chi connectivity index (χ0v) is 9.06. The molecule has 0 aliphatic carbocycles. The molecule has 0 spiro atoms. The van der Waals surface area contributed by atoms with Crippen LogP contribution < -0.4 is 0 Å². The van der Waals surface area contributed by atoms with Crippen LogP contribution in [0.1, 0.15) is 24.8 Å². The first-order chi connectivity index (χ1) is 7.73. The molecule has 0 amide bonds. The van der Waals surface area contributed by atoms with Crippen LogP contribution in [-0.4, -0.2) is 29.3 Å². The first-order valence-electron chi connectivity index (χ1n) is 5.43. The van der Waals surface area contributed by atoms with Gasteiger partial charge in [0, 0.05) is 24.2 Å². The Kier molecular flexibility index (Phi) is 3.19. The first-order valence-corrected chi connectivity index (χ1v) is 5.43. The average Bonchev–Trinajstić information content (AvgIpc) is 2.23. The number of rotatable bonds is 5. The van der Waals surface area contributed by atoms with Crippen molar-refractivity contribution in [1.29, 1.82) is 0 Å². The van der Waals surface area contributed by atoms with Crippen LogP contribution in [0.5, 0.6) is 0 Å². The highest BCUT2D eigenvalue weighted by Gasteiger charge is 2.39. The van der Waals surface area contributed by atoms with E-state index >= 15 is 0 Å². The topological polar surface area (TPSA) is 59.4 Å². The fourth-order valence-corrected chi connectivity index (χ4v) is 2.09. The minimum atomic E-state index is -0.731. The molecule has 0 aromatic carbocycles. The van der Waals surface area contributed by atoms with E-state index in [0.29, 0.717) is 19.6 Å². The molecular formula is C12H15NO3. The maximum absolute atomic E-state index is 10.5. The molecule has 2 rings (SSSR count). The smallest absolute Gasteiger partial charge is 0.303 e. The summed E-state index contributed by atoms with van der Waals surface area (Å²) < 4.78 is 5.28. The summed E-state index contributed by atoms with van der Waals surface area (Å²) in [5.74, 6) is -0.731. The van der Waals surface area contributed by atoms with Crippen LogP contribution in [-0.2, 0) is 14.9 Å². The molecular weight excluding hydrogens is 206 g/mol. The molecule has 1 N–H and O–H groups in total. The van der Waals surface area contributed by atoms with E-state index in [1.165, 1.54) is 5.56 Å². The van der Waals surface area contributed by atoms with Gasteiger partial charge in [-0.2, -0.15) is 0 Å². The summed E-state index contributed by atoms with van der Waals surface area (Å²) in [4.78, 5) is 14.5. The van der Waals surface area contributed by atoms with Crippen LogP contribution in [0, 0.1) is 0 Å². The van der Waals surface area contributed by atoms with Gasteiger partial charge in [0.25, 0.3) is 0 Å². The highest BCUT2D eigenvalue weighted by molar-refractivity contribution is 5.66. The lowest BCUT2D eigenvalue weighted by atomic mass is 9.75. The summed E-state index contributed by atoms with van der Waals surface area (Å²) in [6, 6.07) is 3.98. The molecule has 0 unspecified atom stereocenters. The second-order valence-corrected chi connectivity index (χ2v) is 4.26. The van der Waals surface area contributed by atoms with Gasteiger partial charge in [0.15, 0.2) is 0 Å². The van der Waals surface area contributed by atoms with Crippen LogP contribution in [0.4, 0.5) is 0 Å². The van der Waals surface area contributed by atoms with E-state index in [2.05, 4.69) is 4.98 Å². The molecule has 4 heteroatoms. The van der Waals surface area contributed by atoms with Gasteiger partial charge in [0.1, 0.15) is 0 Å². The number of pyridine rings is 1. The summed E-state index contributed by atoms with van der Waals surface area (Å²) >= 11 is 0. The summed E-state index contributed by atoms with van der Waals surface area (Å²) in [7, 11) is 0. The van der Waals surface area contributed by atoms with Crippen molar-refractivity contribution >= 4 is 5.97 Å². The molecule has 0 atom stereocenters. The SMILES string of the molecule is O=C(O)CCCC1(c2ccncc2)COC1. The number of nitrogens with zero attached hydrogens (tertiary/aromatic N) is 1. The molecule has 16 heavy (non-hydrogen) atoms. The van der Waals surface area contributed by atoms with E-state index < -0.39 is 5.97 Å². The number of ether oxygens (including phenoxy) is 1. The van der Waals surface area contributed by atoms with Crippen LogP contribution in [0.25, 0.3) is 0 Å². The van der Waals surface area contributed by atoms with Crippen molar-refractivity contribution in [1.82, 2.24) is 4.98 Å². The molecule has 1 aliphatic heterocycles. The quantitative estimate of drug-likeness (QED) is 0.820. The number of carboxylic acid groups (broad SMARTS) is 1. The first kappa shape index (κ1) is 11.1. The second-order valence-electron chi connectivity index (χ2n) is 4.26.